The van der Waals surface area contributed by atoms with Crippen LogP contribution in [-0.2, 0) is 16.1 Å². The minimum absolute atomic E-state index is 0.511. The van der Waals surface area contributed by atoms with Gasteiger partial charge in [0.25, 0.3) is 0 Å². The molecule has 1 aromatic carbocycles. The molecule has 0 atom stereocenters. The number of amides is 1. The summed E-state index contributed by atoms with van der Waals surface area (Å²) in [5, 5.41) is 2.60. The van der Waals surface area contributed by atoms with Gasteiger partial charge in [-0.05, 0) is 6.07 Å². The monoisotopic (exact) mass is 165 g/mol. The molecule has 0 heterocycles. The first kappa shape index (κ1) is 8.74. The van der Waals surface area contributed by atoms with Crippen molar-refractivity contribution in [3.63, 3.8) is 0 Å². The summed E-state index contributed by atoms with van der Waals surface area (Å²) in [4.78, 5) is 10.2. The number of rotatable bonds is 4. The number of carbonyl (C=O) groups excluding carboxylic acids is 1. The van der Waals surface area contributed by atoms with Crippen molar-refractivity contribution in [3.05, 3.63) is 29.8 Å². The van der Waals surface area contributed by atoms with E-state index in [1.54, 1.807) is 7.11 Å². The van der Waals surface area contributed by atoms with Gasteiger partial charge in [-0.1, -0.05) is 18.2 Å². The lowest BCUT2D eigenvalue weighted by molar-refractivity contribution is -0.105. The molecule has 1 rings (SSSR count). The number of methoxy groups -OCH3 is 1. The molecule has 64 valence electrons. The molecule has 3 nitrogen and oxygen atoms in total. The summed E-state index contributed by atoms with van der Waals surface area (Å²) in [5.74, 6) is 0. The maximum Gasteiger partial charge on any atom is 0.211 e. The van der Waals surface area contributed by atoms with Crippen molar-refractivity contribution < 1.29 is 9.53 Å². The Morgan fingerprint density at radius 2 is 2.25 bits per heavy atom. The molecule has 0 spiro atoms. The maximum atomic E-state index is 10.2. The van der Waals surface area contributed by atoms with Crippen molar-refractivity contribution in [2.75, 3.05) is 12.4 Å². The first-order valence-corrected chi connectivity index (χ1v) is 3.65. The van der Waals surface area contributed by atoms with Crippen LogP contribution < -0.4 is 5.32 Å². The van der Waals surface area contributed by atoms with E-state index in [1.807, 2.05) is 24.3 Å². The van der Waals surface area contributed by atoms with Crippen LogP contribution in [0.25, 0.3) is 0 Å². The Bertz CT molecular complexity index is 260. The molecule has 0 radical (unpaired) electrons. The van der Waals surface area contributed by atoms with E-state index in [1.165, 1.54) is 0 Å². The molecule has 0 aliphatic rings. The van der Waals surface area contributed by atoms with Gasteiger partial charge in [0.15, 0.2) is 0 Å². The van der Waals surface area contributed by atoms with E-state index < -0.39 is 0 Å². The lowest BCUT2D eigenvalue weighted by Gasteiger charge is -2.05. The summed E-state index contributed by atoms with van der Waals surface area (Å²) in [7, 11) is 1.62. The van der Waals surface area contributed by atoms with Crippen molar-refractivity contribution in [2.24, 2.45) is 0 Å². The Kier molecular flexibility index (Phi) is 3.29. The second-order valence-electron chi connectivity index (χ2n) is 2.35. The molecule has 3 heteroatoms. The van der Waals surface area contributed by atoms with Gasteiger partial charge in [-0.15, -0.1) is 0 Å². The summed E-state index contributed by atoms with van der Waals surface area (Å²) in [6.45, 7) is 0.511. The predicted octanol–water partition coefficient (Wildman–Crippen LogP) is 1.40. The minimum Gasteiger partial charge on any atom is -0.380 e. The van der Waals surface area contributed by atoms with E-state index in [0.717, 1.165) is 11.3 Å². The highest BCUT2D eigenvalue weighted by molar-refractivity contribution is 5.73. The zero-order chi connectivity index (χ0) is 8.81. The number of anilines is 1. The number of hydrogen-bond donors (Lipinski definition) is 1. The van der Waals surface area contributed by atoms with Gasteiger partial charge in [-0.2, -0.15) is 0 Å². The molecule has 0 aliphatic carbocycles. The van der Waals surface area contributed by atoms with E-state index >= 15 is 0 Å². The van der Waals surface area contributed by atoms with Crippen LogP contribution in [0.4, 0.5) is 5.69 Å². The Balaban J connectivity index is 2.83. The fourth-order valence-corrected chi connectivity index (χ4v) is 1.01. The van der Waals surface area contributed by atoms with Crippen molar-refractivity contribution in [1.82, 2.24) is 0 Å². The van der Waals surface area contributed by atoms with Gasteiger partial charge in [0.05, 0.1) is 6.61 Å². The summed E-state index contributed by atoms with van der Waals surface area (Å²) in [5.41, 5.74) is 1.78. The van der Waals surface area contributed by atoms with E-state index in [9.17, 15) is 4.79 Å². The molecule has 0 fully saturated rings. The van der Waals surface area contributed by atoms with Crippen LogP contribution in [0.2, 0.25) is 0 Å². The van der Waals surface area contributed by atoms with E-state index in [2.05, 4.69) is 5.32 Å². The number of ether oxygens (including phenoxy) is 1. The molecule has 0 saturated heterocycles. The number of nitrogens with one attached hydrogen (secondary N) is 1. The first-order chi connectivity index (χ1) is 5.88. The van der Waals surface area contributed by atoms with Crippen LogP contribution in [-0.4, -0.2) is 13.5 Å². The van der Waals surface area contributed by atoms with Crippen molar-refractivity contribution in [3.8, 4) is 0 Å². The smallest absolute Gasteiger partial charge is 0.211 e. The first-order valence-electron chi connectivity index (χ1n) is 3.65. The molecule has 1 N–H and O–H groups in total. The highest BCUT2D eigenvalue weighted by Gasteiger charge is 1.98. The molecule has 1 aromatic rings. The lowest BCUT2D eigenvalue weighted by atomic mass is 10.2. The number of hydrogen-bond acceptors (Lipinski definition) is 2. The molecule has 0 bridgehead atoms. The molecule has 0 aromatic heterocycles. The highest BCUT2D eigenvalue weighted by atomic mass is 16.5. The fraction of sp³-hybridized carbons (Fsp3) is 0.222. The van der Waals surface area contributed by atoms with Crippen LogP contribution in [0, 0.1) is 0 Å². The largest absolute Gasteiger partial charge is 0.380 e. The average Bonchev–Trinajstić information content (AvgIpc) is 2.09. The average molecular weight is 165 g/mol. The zero-order valence-corrected chi connectivity index (χ0v) is 6.91. The molecule has 0 unspecified atom stereocenters. The third-order valence-corrected chi connectivity index (χ3v) is 1.53. The van der Waals surface area contributed by atoms with Crippen molar-refractivity contribution in [2.45, 2.75) is 6.61 Å². The maximum absolute atomic E-state index is 10.2. The standard InChI is InChI=1S/C9H11NO2/c1-12-6-8-4-2-3-5-9(8)10-7-11/h2-5,7H,6H2,1H3,(H,10,11). The van der Waals surface area contributed by atoms with Crippen molar-refractivity contribution >= 4 is 12.1 Å². The van der Waals surface area contributed by atoms with Crippen LogP contribution in [0.15, 0.2) is 24.3 Å². The molecule has 0 saturated carbocycles. The normalized spacial score (nSPS) is 9.42. The van der Waals surface area contributed by atoms with E-state index in [-0.39, 0.29) is 0 Å². The minimum atomic E-state index is 0.511. The molecule has 0 aliphatic heterocycles. The van der Waals surface area contributed by atoms with Crippen LogP contribution >= 0.6 is 0 Å². The van der Waals surface area contributed by atoms with Gasteiger partial charge >= 0.3 is 0 Å². The van der Waals surface area contributed by atoms with Gasteiger partial charge in [0.1, 0.15) is 0 Å². The van der Waals surface area contributed by atoms with Gasteiger partial charge < -0.3 is 10.1 Å². The second kappa shape index (κ2) is 4.51. The molecular weight excluding hydrogens is 154 g/mol. The Morgan fingerprint density at radius 3 is 2.92 bits per heavy atom. The van der Waals surface area contributed by atoms with Crippen LogP contribution in [0.5, 0.6) is 0 Å². The van der Waals surface area contributed by atoms with Gasteiger partial charge in [0.2, 0.25) is 6.41 Å². The van der Waals surface area contributed by atoms with Crippen molar-refractivity contribution in [1.29, 1.82) is 0 Å². The van der Waals surface area contributed by atoms with Gasteiger partial charge in [0, 0.05) is 18.4 Å². The van der Waals surface area contributed by atoms with Crippen LogP contribution in [0.1, 0.15) is 5.56 Å². The second-order valence-corrected chi connectivity index (χ2v) is 2.35. The topological polar surface area (TPSA) is 38.3 Å². The summed E-state index contributed by atoms with van der Waals surface area (Å²) in [6.07, 6.45) is 0.661. The molecule has 1 amide bonds. The predicted molar refractivity (Wildman–Crippen MR) is 46.8 cm³/mol. The molecule has 12 heavy (non-hydrogen) atoms. The SMILES string of the molecule is COCc1ccccc1NC=O. The van der Waals surface area contributed by atoms with Crippen LogP contribution in [0.3, 0.4) is 0 Å². The quantitative estimate of drug-likeness (QED) is 0.685. The number of para-hydroxylation sites is 1. The Hall–Kier alpha value is -1.35. The molecular formula is C9H11NO2. The Labute approximate surface area is 71.4 Å². The highest BCUT2D eigenvalue weighted by Crippen LogP contribution is 2.14. The number of benzene rings is 1. The summed E-state index contributed by atoms with van der Waals surface area (Å²) >= 11 is 0. The summed E-state index contributed by atoms with van der Waals surface area (Å²) < 4.78 is 4.96. The Morgan fingerprint density at radius 1 is 1.50 bits per heavy atom. The van der Waals surface area contributed by atoms with E-state index in [0.29, 0.717) is 13.0 Å². The third kappa shape index (κ3) is 2.07. The van der Waals surface area contributed by atoms with Gasteiger partial charge in [-0.25, -0.2) is 0 Å². The zero-order valence-electron chi connectivity index (χ0n) is 6.91. The number of carbonyl (C=O) groups is 1. The summed E-state index contributed by atoms with van der Waals surface area (Å²) in [6, 6.07) is 7.52. The fourth-order valence-electron chi connectivity index (χ4n) is 1.01. The van der Waals surface area contributed by atoms with Gasteiger partial charge in [-0.3, -0.25) is 4.79 Å². The lowest BCUT2D eigenvalue weighted by Crippen LogP contribution is -1.99. The van der Waals surface area contributed by atoms with E-state index in [4.69, 9.17) is 4.74 Å². The third-order valence-electron chi connectivity index (χ3n) is 1.53.